The van der Waals surface area contributed by atoms with Crippen molar-refractivity contribution in [1.82, 2.24) is 15.1 Å². The fraction of sp³-hybridized carbons (Fsp3) is 0.667. The van der Waals surface area contributed by atoms with Gasteiger partial charge >= 0.3 is 6.55 Å². The molecule has 0 aromatic carbocycles. The minimum Gasteiger partial charge on any atom is -0.348 e. The Morgan fingerprint density at radius 3 is 2.56 bits per heavy atom. The van der Waals surface area contributed by atoms with Crippen LogP contribution in [0, 0.1) is 0 Å². The summed E-state index contributed by atoms with van der Waals surface area (Å²) < 4.78 is 25.1. The van der Waals surface area contributed by atoms with E-state index < -0.39 is 6.55 Å². The monoisotopic (exact) mass is 257 g/mol. The second-order valence-electron chi connectivity index (χ2n) is 4.62. The minimum absolute atomic E-state index is 0.0551. The quantitative estimate of drug-likeness (QED) is 0.846. The molecule has 1 aromatic rings. The average Bonchev–Trinajstić information content (AvgIpc) is 2.70. The average molecular weight is 257 g/mol. The van der Waals surface area contributed by atoms with E-state index in [4.69, 9.17) is 0 Å². The van der Waals surface area contributed by atoms with Crippen LogP contribution in [0.25, 0.3) is 0 Å². The van der Waals surface area contributed by atoms with E-state index in [2.05, 4.69) is 10.4 Å². The van der Waals surface area contributed by atoms with Crippen molar-refractivity contribution in [1.29, 1.82) is 0 Å². The van der Waals surface area contributed by atoms with Crippen LogP contribution in [0.2, 0.25) is 0 Å². The lowest BCUT2D eigenvalue weighted by Gasteiger charge is -2.15. The second kappa shape index (κ2) is 5.93. The number of carbonyl (C=O) groups excluding carboxylic acids is 1. The zero-order chi connectivity index (χ0) is 13.0. The molecule has 0 aliphatic heterocycles. The van der Waals surface area contributed by atoms with E-state index in [9.17, 15) is 13.6 Å². The molecular formula is C12H17F2N3O. The SMILES string of the molecule is O=C(NC1CCCCCC1)c1ccn(C(F)F)n1. The zero-order valence-corrected chi connectivity index (χ0v) is 10.1. The number of carbonyl (C=O) groups is 1. The molecule has 0 radical (unpaired) electrons. The van der Waals surface area contributed by atoms with Gasteiger partial charge in [0.1, 0.15) is 5.69 Å². The van der Waals surface area contributed by atoms with Gasteiger partial charge in [0.25, 0.3) is 5.91 Å². The lowest BCUT2D eigenvalue weighted by Crippen LogP contribution is -2.34. The van der Waals surface area contributed by atoms with E-state index in [1.807, 2.05) is 0 Å². The first-order chi connectivity index (χ1) is 8.66. The molecule has 1 fully saturated rings. The first-order valence-electron chi connectivity index (χ1n) is 6.31. The first-order valence-corrected chi connectivity index (χ1v) is 6.31. The number of amides is 1. The van der Waals surface area contributed by atoms with Gasteiger partial charge < -0.3 is 5.32 Å². The molecule has 0 bridgehead atoms. The van der Waals surface area contributed by atoms with Gasteiger partial charge in [-0.05, 0) is 18.9 Å². The number of aromatic nitrogens is 2. The molecule has 0 saturated heterocycles. The molecule has 0 unspecified atom stereocenters. The third-order valence-electron chi connectivity index (χ3n) is 3.23. The third kappa shape index (κ3) is 3.27. The molecule has 4 nitrogen and oxygen atoms in total. The number of hydrogen-bond donors (Lipinski definition) is 1. The molecule has 1 amide bonds. The Morgan fingerprint density at radius 2 is 2.00 bits per heavy atom. The van der Waals surface area contributed by atoms with E-state index in [0.717, 1.165) is 31.9 Å². The van der Waals surface area contributed by atoms with Gasteiger partial charge in [0.2, 0.25) is 0 Å². The summed E-state index contributed by atoms with van der Waals surface area (Å²) in [4.78, 5) is 11.8. The van der Waals surface area contributed by atoms with Crippen molar-refractivity contribution in [3.8, 4) is 0 Å². The van der Waals surface area contributed by atoms with E-state index in [1.165, 1.54) is 18.9 Å². The molecule has 1 heterocycles. The third-order valence-corrected chi connectivity index (χ3v) is 3.23. The van der Waals surface area contributed by atoms with Crippen LogP contribution in [0.1, 0.15) is 55.6 Å². The van der Waals surface area contributed by atoms with Crippen molar-refractivity contribution in [3.63, 3.8) is 0 Å². The van der Waals surface area contributed by atoms with Crippen molar-refractivity contribution in [2.24, 2.45) is 0 Å². The van der Waals surface area contributed by atoms with Crippen molar-refractivity contribution >= 4 is 5.91 Å². The van der Waals surface area contributed by atoms with Gasteiger partial charge in [-0.3, -0.25) is 4.79 Å². The summed E-state index contributed by atoms with van der Waals surface area (Å²) >= 11 is 0. The second-order valence-corrected chi connectivity index (χ2v) is 4.62. The standard InChI is InChI=1S/C12H17F2N3O/c13-12(14)17-8-7-10(16-17)11(18)15-9-5-3-1-2-4-6-9/h7-9,12H,1-6H2,(H,15,18). The van der Waals surface area contributed by atoms with E-state index in [1.54, 1.807) is 0 Å². The highest BCUT2D eigenvalue weighted by Crippen LogP contribution is 2.17. The smallest absolute Gasteiger partial charge is 0.333 e. The molecule has 2 rings (SSSR count). The number of nitrogens with one attached hydrogen (secondary N) is 1. The molecule has 0 atom stereocenters. The lowest BCUT2D eigenvalue weighted by molar-refractivity contribution is 0.0559. The molecule has 18 heavy (non-hydrogen) atoms. The van der Waals surface area contributed by atoms with Gasteiger partial charge in [0, 0.05) is 12.2 Å². The van der Waals surface area contributed by atoms with Gasteiger partial charge in [-0.15, -0.1) is 0 Å². The number of nitrogens with zero attached hydrogens (tertiary/aromatic N) is 2. The summed E-state index contributed by atoms with van der Waals surface area (Å²) in [5.41, 5.74) is 0.0551. The van der Waals surface area contributed by atoms with Gasteiger partial charge in [0.05, 0.1) is 0 Å². The Labute approximate surface area is 104 Å². The maximum atomic E-state index is 12.3. The number of alkyl halides is 2. The van der Waals surface area contributed by atoms with Crippen molar-refractivity contribution in [2.75, 3.05) is 0 Å². The zero-order valence-electron chi connectivity index (χ0n) is 10.1. The Balaban J connectivity index is 1.93. The number of hydrogen-bond acceptors (Lipinski definition) is 2. The van der Waals surface area contributed by atoms with Crippen LogP contribution in [0.4, 0.5) is 8.78 Å². The molecule has 1 aliphatic rings. The highest BCUT2D eigenvalue weighted by molar-refractivity contribution is 5.92. The van der Waals surface area contributed by atoms with E-state index in [0.29, 0.717) is 4.68 Å². The molecule has 1 N–H and O–H groups in total. The van der Waals surface area contributed by atoms with Crippen LogP contribution >= 0.6 is 0 Å². The summed E-state index contributed by atoms with van der Waals surface area (Å²) in [6.07, 6.45) is 7.65. The van der Waals surface area contributed by atoms with Gasteiger partial charge in [-0.25, -0.2) is 4.68 Å². The van der Waals surface area contributed by atoms with Crippen molar-refractivity contribution in [3.05, 3.63) is 18.0 Å². The van der Waals surface area contributed by atoms with Gasteiger partial charge in [0.15, 0.2) is 0 Å². The van der Waals surface area contributed by atoms with E-state index in [-0.39, 0.29) is 17.6 Å². The highest BCUT2D eigenvalue weighted by Gasteiger charge is 2.18. The Hall–Kier alpha value is -1.46. The maximum Gasteiger partial charge on any atom is 0.333 e. The molecule has 100 valence electrons. The predicted octanol–water partition coefficient (Wildman–Crippen LogP) is 2.73. The maximum absolute atomic E-state index is 12.3. The Kier molecular flexibility index (Phi) is 4.28. The fourth-order valence-corrected chi connectivity index (χ4v) is 2.25. The first kappa shape index (κ1) is 13.0. The summed E-state index contributed by atoms with van der Waals surface area (Å²) in [6.45, 7) is -2.70. The largest absolute Gasteiger partial charge is 0.348 e. The minimum atomic E-state index is -2.70. The fourth-order valence-electron chi connectivity index (χ4n) is 2.25. The Bertz CT molecular complexity index is 398. The van der Waals surface area contributed by atoms with Crippen LogP contribution in [0.15, 0.2) is 12.3 Å². The highest BCUT2D eigenvalue weighted by atomic mass is 19.3. The van der Waals surface area contributed by atoms with Crippen LogP contribution in [-0.4, -0.2) is 21.7 Å². The van der Waals surface area contributed by atoms with Crippen molar-refractivity contribution in [2.45, 2.75) is 51.1 Å². The van der Waals surface area contributed by atoms with Crippen LogP contribution in [0.5, 0.6) is 0 Å². The number of halogens is 2. The van der Waals surface area contributed by atoms with Crippen LogP contribution < -0.4 is 5.32 Å². The molecule has 0 spiro atoms. The number of rotatable bonds is 3. The molecule has 1 aliphatic carbocycles. The van der Waals surface area contributed by atoms with Crippen LogP contribution in [-0.2, 0) is 0 Å². The van der Waals surface area contributed by atoms with Gasteiger partial charge in [-0.2, -0.15) is 13.9 Å². The molecule has 6 heteroatoms. The van der Waals surface area contributed by atoms with Crippen molar-refractivity contribution < 1.29 is 13.6 Å². The Morgan fingerprint density at radius 1 is 1.33 bits per heavy atom. The summed E-state index contributed by atoms with van der Waals surface area (Å²) in [6, 6.07) is 1.47. The van der Waals surface area contributed by atoms with Gasteiger partial charge in [-0.1, -0.05) is 25.7 Å². The van der Waals surface area contributed by atoms with Crippen LogP contribution in [0.3, 0.4) is 0 Å². The summed E-state index contributed by atoms with van der Waals surface area (Å²) in [7, 11) is 0. The van der Waals surface area contributed by atoms with E-state index >= 15 is 0 Å². The topological polar surface area (TPSA) is 46.9 Å². The molecule has 1 saturated carbocycles. The predicted molar refractivity (Wildman–Crippen MR) is 62.4 cm³/mol. The normalized spacial score (nSPS) is 17.7. The molecule has 1 aromatic heterocycles. The summed E-state index contributed by atoms with van der Waals surface area (Å²) in [5.74, 6) is -0.360. The molecular weight excluding hydrogens is 240 g/mol. The lowest BCUT2D eigenvalue weighted by atomic mass is 10.1. The summed E-state index contributed by atoms with van der Waals surface area (Å²) in [5, 5.41) is 6.42.